The molecule has 0 aromatic rings. The van der Waals surface area contributed by atoms with E-state index < -0.39 is 32.5 Å². The minimum absolute atomic E-state index is 0.00100. The lowest BCUT2D eigenvalue weighted by atomic mass is 10.1. The molecule has 0 spiro atoms. The molecule has 59 heavy (non-hydrogen) atoms. The van der Waals surface area contributed by atoms with Crippen LogP contribution in [-0.2, 0) is 32.7 Å². The molecule has 0 bridgehead atoms. The van der Waals surface area contributed by atoms with E-state index in [9.17, 15) is 19.0 Å². The average Bonchev–Trinajstić information content (AvgIpc) is 3.20. The molecule has 0 aliphatic carbocycles. The number of rotatable bonds is 43. The molecule has 0 saturated carbocycles. The molecule has 0 aromatic heterocycles. The van der Waals surface area contributed by atoms with Crippen molar-refractivity contribution in [1.29, 1.82) is 0 Å². The monoisotopic (exact) mass is 850 g/mol. The van der Waals surface area contributed by atoms with Gasteiger partial charge >= 0.3 is 19.8 Å². The van der Waals surface area contributed by atoms with Crippen LogP contribution in [0.5, 0.6) is 0 Å². The number of hydrogen-bond acceptors (Lipinski definition) is 8. The number of phosphoric acid groups is 1. The fraction of sp³-hybridized carbons (Fsp3) is 0.755. The summed E-state index contributed by atoms with van der Waals surface area (Å²) >= 11 is 0. The van der Waals surface area contributed by atoms with E-state index in [0.717, 1.165) is 64.2 Å². The number of nitrogens with zero attached hydrogens (tertiary/aromatic N) is 1. The van der Waals surface area contributed by atoms with Gasteiger partial charge in [-0.1, -0.05) is 158 Å². The van der Waals surface area contributed by atoms with Crippen molar-refractivity contribution in [3.8, 4) is 0 Å². The van der Waals surface area contributed by atoms with Crippen molar-refractivity contribution in [2.24, 2.45) is 0 Å². The van der Waals surface area contributed by atoms with E-state index in [-0.39, 0.29) is 26.1 Å². The molecule has 0 amide bonds. The Bertz CT molecular complexity index is 1160. The van der Waals surface area contributed by atoms with Crippen molar-refractivity contribution in [2.75, 3.05) is 40.5 Å². The van der Waals surface area contributed by atoms with Crippen molar-refractivity contribution in [2.45, 2.75) is 200 Å². The molecule has 1 N–H and O–H groups in total. The number of unbranched alkanes of at least 4 members (excludes halogenated alkanes) is 19. The molecule has 0 saturated heterocycles. The maximum Gasteiger partial charge on any atom is 0.472 e. The van der Waals surface area contributed by atoms with Gasteiger partial charge in [0.05, 0.1) is 13.2 Å². The number of carbonyl (C=O) groups is 2. The van der Waals surface area contributed by atoms with Crippen molar-refractivity contribution >= 4 is 19.8 Å². The average molecular weight is 850 g/mol. The van der Waals surface area contributed by atoms with Crippen LogP contribution in [0.25, 0.3) is 0 Å². The third kappa shape index (κ3) is 45.1. The third-order valence-electron chi connectivity index (χ3n) is 9.80. The predicted octanol–water partition coefficient (Wildman–Crippen LogP) is 13.9. The molecule has 10 heteroatoms. The molecule has 2 atom stereocenters. The first kappa shape index (κ1) is 56.7. The zero-order valence-corrected chi connectivity index (χ0v) is 39.1. The Kier molecular flexibility index (Phi) is 42.1. The van der Waals surface area contributed by atoms with E-state index in [2.05, 4.69) is 74.6 Å². The van der Waals surface area contributed by atoms with Crippen LogP contribution in [0.1, 0.15) is 194 Å². The van der Waals surface area contributed by atoms with Crippen LogP contribution in [0.2, 0.25) is 0 Å². The standard InChI is InChI=1S/C49H88NO8P/c1-5-7-9-11-13-15-17-19-21-23-24-26-27-29-31-33-35-37-39-41-48(51)55-45-47(46-57-59(53,54)56-44-43-50(3)4)58-49(52)42-40-38-36-34-32-30-28-25-22-20-18-16-14-12-10-8-6-2/h13,15,19-22,24,26,29,31,47H,5-12,14,16-18,23,25,27-28,30,32-46H2,1-4H3,(H,53,54)/b15-13-,21-19-,22-20-,26-24-,31-29-. The van der Waals surface area contributed by atoms with Crippen LogP contribution in [0.15, 0.2) is 60.8 Å². The lowest BCUT2D eigenvalue weighted by molar-refractivity contribution is -0.161. The highest BCUT2D eigenvalue weighted by Gasteiger charge is 2.26. The SMILES string of the molecule is CCCCC/C=C\C/C=C\C/C=C\C/C=C\CCCCCC(=O)OCC(COP(=O)(O)OCCN(C)C)OC(=O)CCCCCCCCC/C=C\CCCCCCCC. The van der Waals surface area contributed by atoms with Gasteiger partial charge < -0.3 is 19.3 Å². The van der Waals surface area contributed by atoms with E-state index in [1.54, 1.807) is 0 Å². The van der Waals surface area contributed by atoms with Gasteiger partial charge in [-0.25, -0.2) is 4.57 Å². The Morgan fingerprint density at radius 1 is 0.525 bits per heavy atom. The van der Waals surface area contributed by atoms with E-state index >= 15 is 0 Å². The fourth-order valence-corrected chi connectivity index (χ4v) is 6.88. The molecule has 342 valence electrons. The van der Waals surface area contributed by atoms with Crippen molar-refractivity contribution in [3.05, 3.63) is 60.8 Å². The second kappa shape index (κ2) is 43.8. The first-order valence-electron chi connectivity index (χ1n) is 23.6. The van der Waals surface area contributed by atoms with E-state index in [1.807, 2.05) is 19.0 Å². The van der Waals surface area contributed by atoms with Crippen molar-refractivity contribution < 1.29 is 37.6 Å². The maximum absolute atomic E-state index is 12.7. The summed E-state index contributed by atoms with van der Waals surface area (Å²) in [4.78, 5) is 37.1. The molecular weight excluding hydrogens is 762 g/mol. The van der Waals surface area contributed by atoms with Crippen LogP contribution in [-0.4, -0.2) is 68.3 Å². The van der Waals surface area contributed by atoms with Crippen LogP contribution in [0, 0.1) is 0 Å². The molecule has 2 unspecified atom stereocenters. The van der Waals surface area contributed by atoms with Gasteiger partial charge in [0.25, 0.3) is 0 Å². The Labute approximate surface area is 362 Å². The van der Waals surface area contributed by atoms with Crippen molar-refractivity contribution in [3.63, 3.8) is 0 Å². The number of hydrogen-bond donors (Lipinski definition) is 1. The summed E-state index contributed by atoms with van der Waals surface area (Å²) < 4.78 is 33.5. The normalized spacial score (nSPS) is 13.9. The highest BCUT2D eigenvalue weighted by atomic mass is 31.2. The van der Waals surface area contributed by atoms with Gasteiger partial charge in [-0.15, -0.1) is 0 Å². The number of ether oxygens (including phenoxy) is 2. The number of allylic oxidation sites excluding steroid dienone is 10. The number of phosphoric ester groups is 1. The van der Waals surface area contributed by atoms with Crippen LogP contribution < -0.4 is 0 Å². The van der Waals surface area contributed by atoms with Crippen LogP contribution >= 0.6 is 7.82 Å². The van der Waals surface area contributed by atoms with Gasteiger partial charge in [-0.2, -0.15) is 0 Å². The van der Waals surface area contributed by atoms with E-state index in [4.69, 9.17) is 18.5 Å². The first-order valence-corrected chi connectivity index (χ1v) is 25.1. The summed E-state index contributed by atoms with van der Waals surface area (Å²) in [5.74, 6) is -0.845. The first-order chi connectivity index (χ1) is 28.7. The minimum atomic E-state index is -4.38. The summed E-state index contributed by atoms with van der Waals surface area (Å²) in [6.07, 6.45) is 51.2. The van der Waals surface area contributed by atoms with Gasteiger partial charge in [-0.3, -0.25) is 18.6 Å². The molecule has 0 heterocycles. The minimum Gasteiger partial charge on any atom is -0.462 e. The predicted molar refractivity (Wildman–Crippen MR) is 247 cm³/mol. The second-order valence-electron chi connectivity index (χ2n) is 15.9. The molecule has 0 aliphatic rings. The van der Waals surface area contributed by atoms with Gasteiger partial charge in [0.15, 0.2) is 6.10 Å². The second-order valence-corrected chi connectivity index (χ2v) is 17.4. The largest absolute Gasteiger partial charge is 0.472 e. The summed E-state index contributed by atoms with van der Waals surface area (Å²) in [5.41, 5.74) is 0. The molecule has 9 nitrogen and oxygen atoms in total. The highest BCUT2D eigenvalue weighted by Crippen LogP contribution is 2.43. The lowest BCUT2D eigenvalue weighted by Crippen LogP contribution is -2.29. The Morgan fingerprint density at radius 3 is 1.42 bits per heavy atom. The highest BCUT2D eigenvalue weighted by molar-refractivity contribution is 7.47. The molecule has 0 rings (SSSR count). The van der Waals surface area contributed by atoms with E-state index in [1.165, 1.54) is 89.9 Å². The van der Waals surface area contributed by atoms with Crippen LogP contribution in [0.4, 0.5) is 0 Å². The number of esters is 2. The molecule has 0 aromatic carbocycles. The summed E-state index contributed by atoms with van der Waals surface area (Å²) in [5, 5.41) is 0. The molecule has 0 fully saturated rings. The number of carbonyl (C=O) groups excluding carboxylic acids is 2. The topological polar surface area (TPSA) is 112 Å². The smallest absolute Gasteiger partial charge is 0.462 e. The van der Waals surface area contributed by atoms with Crippen LogP contribution in [0.3, 0.4) is 0 Å². The lowest BCUT2D eigenvalue weighted by Gasteiger charge is -2.20. The molecule has 0 radical (unpaired) electrons. The molecular formula is C49H88NO8P. The van der Waals surface area contributed by atoms with Gasteiger partial charge in [-0.05, 0) is 97.6 Å². The van der Waals surface area contributed by atoms with Crippen molar-refractivity contribution in [1.82, 2.24) is 4.90 Å². The van der Waals surface area contributed by atoms with Gasteiger partial charge in [0, 0.05) is 19.4 Å². The Balaban J connectivity index is 4.32. The third-order valence-corrected chi connectivity index (χ3v) is 10.8. The maximum atomic E-state index is 12.7. The summed E-state index contributed by atoms with van der Waals surface area (Å²) in [7, 11) is -0.733. The summed E-state index contributed by atoms with van der Waals surface area (Å²) in [6.45, 7) is 4.25. The Morgan fingerprint density at radius 2 is 0.915 bits per heavy atom. The van der Waals surface area contributed by atoms with E-state index in [0.29, 0.717) is 19.4 Å². The quantitative estimate of drug-likeness (QED) is 0.0277. The number of likely N-dealkylation sites (N-methyl/N-ethyl adjacent to an activating group) is 1. The Hall–Kier alpha value is -2.29. The summed E-state index contributed by atoms with van der Waals surface area (Å²) in [6, 6.07) is 0. The van der Waals surface area contributed by atoms with Gasteiger partial charge in [0.2, 0.25) is 0 Å². The zero-order chi connectivity index (χ0) is 43.3. The fourth-order valence-electron chi connectivity index (χ4n) is 6.14. The molecule has 0 aliphatic heterocycles. The zero-order valence-electron chi connectivity index (χ0n) is 38.2. The van der Waals surface area contributed by atoms with Gasteiger partial charge in [0.1, 0.15) is 6.61 Å².